The van der Waals surface area contributed by atoms with E-state index in [1.165, 1.54) is 7.11 Å². The van der Waals surface area contributed by atoms with Crippen LogP contribution in [0.5, 0.6) is 0 Å². The molecule has 0 aromatic heterocycles. The Hall–Kier alpha value is -1.21. The van der Waals surface area contributed by atoms with Crippen molar-refractivity contribution < 1.29 is 23.0 Å². The first-order valence-corrected chi connectivity index (χ1v) is 8.86. The van der Waals surface area contributed by atoms with Crippen LogP contribution in [0, 0.1) is 5.92 Å². The summed E-state index contributed by atoms with van der Waals surface area (Å²) in [6.07, 6.45) is 0.933. The highest BCUT2D eigenvalue weighted by Gasteiger charge is 2.45. The molecule has 1 aliphatic rings. The van der Waals surface area contributed by atoms with Crippen molar-refractivity contribution in [2.45, 2.75) is 29.6 Å². The zero-order valence-corrected chi connectivity index (χ0v) is 13.4. The third-order valence-electron chi connectivity index (χ3n) is 3.98. The number of ether oxygens (including phenoxy) is 2. The molecule has 0 amide bonds. The zero-order valence-electron chi connectivity index (χ0n) is 12.6. The number of hydrogen-bond donors (Lipinski definition) is 1. The lowest BCUT2D eigenvalue weighted by molar-refractivity contribution is -0.0334. The zero-order chi connectivity index (χ0) is 16.2. The molecule has 0 radical (unpaired) electrons. The smallest absolute Gasteiger partial charge is 0.178 e. The minimum atomic E-state index is -3.45. The lowest BCUT2D eigenvalue weighted by atomic mass is 9.96. The molecule has 0 bridgehead atoms. The minimum absolute atomic E-state index is 0.0788. The predicted molar refractivity (Wildman–Crippen MR) is 83.3 cm³/mol. The molecule has 1 N–H and O–H groups in total. The molecule has 5 nitrogen and oxygen atoms in total. The summed E-state index contributed by atoms with van der Waals surface area (Å²) in [5.74, 6) is -0.421. The molecule has 6 heteroatoms. The van der Waals surface area contributed by atoms with Crippen molar-refractivity contribution in [3.05, 3.63) is 43.0 Å². The quantitative estimate of drug-likeness (QED) is 0.767. The van der Waals surface area contributed by atoms with E-state index < -0.39 is 22.0 Å². The predicted octanol–water partition coefficient (Wildman–Crippen LogP) is 1.43. The van der Waals surface area contributed by atoms with Gasteiger partial charge in [0.25, 0.3) is 0 Å². The average molecular weight is 326 g/mol. The number of rotatable bonds is 7. The highest BCUT2D eigenvalue weighted by molar-refractivity contribution is 7.91. The second-order valence-corrected chi connectivity index (χ2v) is 7.41. The molecule has 1 aromatic carbocycles. The number of aliphatic hydroxyl groups excluding tert-OH is 1. The fourth-order valence-corrected chi connectivity index (χ4v) is 4.61. The van der Waals surface area contributed by atoms with E-state index in [0.717, 1.165) is 0 Å². The van der Waals surface area contributed by atoms with Crippen LogP contribution in [0.1, 0.15) is 6.42 Å². The van der Waals surface area contributed by atoms with Gasteiger partial charge in [-0.25, -0.2) is 8.42 Å². The SMILES string of the molecule is C=CC[C@H]1O[C@H](CO)[C@H](OC)[C@H]1CS(=O)(=O)c1ccccc1. The highest BCUT2D eigenvalue weighted by atomic mass is 32.2. The largest absolute Gasteiger partial charge is 0.394 e. The van der Waals surface area contributed by atoms with Crippen LogP contribution in [-0.2, 0) is 19.3 Å². The summed E-state index contributed by atoms with van der Waals surface area (Å²) in [6, 6.07) is 8.34. The Morgan fingerprint density at radius 2 is 2.00 bits per heavy atom. The Kier molecular flexibility index (Phi) is 5.74. The average Bonchev–Trinajstić information content (AvgIpc) is 2.85. The molecular weight excluding hydrogens is 304 g/mol. The minimum Gasteiger partial charge on any atom is -0.394 e. The fraction of sp³-hybridized carbons (Fsp3) is 0.500. The summed E-state index contributed by atoms with van der Waals surface area (Å²) >= 11 is 0. The maximum atomic E-state index is 12.6. The summed E-state index contributed by atoms with van der Waals surface area (Å²) in [6.45, 7) is 3.48. The van der Waals surface area contributed by atoms with Gasteiger partial charge in [0.1, 0.15) is 6.10 Å². The van der Waals surface area contributed by atoms with Gasteiger partial charge in [-0.2, -0.15) is 0 Å². The van der Waals surface area contributed by atoms with Crippen molar-refractivity contribution in [2.24, 2.45) is 5.92 Å². The number of aliphatic hydroxyl groups is 1. The first-order valence-electron chi connectivity index (χ1n) is 7.21. The van der Waals surface area contributed by atoms with E-state index in [1.807, 2.05) is 0 Å². The first-order chi connectivity index (χ1) is 10.5. The maximum absolute atomic E-state index is 12.6. The fourth-order valence-electron chi connectivity index (χ4n) is 2.94. The van der Waals surface area contributed by atoms with Crippen molar-refractivity contribution in [3.63, 3.8) is 0 Å². The highest BCUT2D eigenvalue weighted by Crippen LogP contribution is 2.33. The molecule has 1 aromatic rings. The number of hydrogen-bond acceptors (Lipinski definition) is 5. The number of methoxy groups -OCH3 is 1. The molecule has 2 rings (SSSR count). The molecule has 4 atom stereocenters. The van der Waals surface area contributed by atoms with Gasteiger partial charge in [-0.3, -0.25) is 0 Å². The van der Waals surface area contributed by atoms with Gasteiger partial charge < -0.3 is 14.6 Å². The third kappa shape index (κ3) is 3.57. The molecule has 122 valence electrons. The molecule has 1 fully saturated rings. The van der Waals surface area contributed by atoms with Crippen molar-refractivity contribution in [2.75, 3.05) is 19.5 Å². The van der Waals surface area contributed by atoms with E-state index in [-0.39, 0.29) is 29.3 Å². The molecule has 1 heterocycles. The molecule has 0 unspecified atom stereocenters. The van der Waals surface area contributed by atoms with E-state index in [9.17, 15) is 13.5 Å². The Morgan fingerprint density at radius 3 is 2.55 bits per heavy atom. The van der Waals surface area contributed by atoms with Gasteiger partial charge in [-0.1, -0.05) is 24.3 Å². The molecule has 0 spiro atoms. The van der Waals surface area contributed by atoms with E-state index in [2.05, 4.69) is 6.58 Å². The summed E-state index contributed by atoms with van der Waals surface area (Å²) in [4.78, 5) is 0.287. The van der Waals surface area contributed by atoms with Gasteiger partial charge in [0.2, 0.25) is 0 Å². The molecule has 1 saturated heterocycles. The number of sulfone groups is 1. The van der Waals surface area contributed by atoms with Crippen molar-refractivity contribution in [3.8, 4) is 0 Å². The Morgan fingerprint density at radius 1 is 1.32 bits per heavy atom. The third-order valence-corrected chi connectivity index (χ3v) is 5.79. The molecule has 1 aliphatic heterocycles. The standard InChI is InChI=1S/C16H22O5S/c1-3-7-14-13(16(20-2)15(10-17)21-14)11-22(18,19)12-8-5-4-6-9-12/h3-6,8-9,13-17H,1,7,10-11H2,2H3/t13-,14+,15+,16+/m0/s1. The summed E-state index contributed by atoms with van der Waals surface area (Å²) < 4.78 is 36.3. The first kappa shape index (κ1) is 17.1. The van der Waals surface area contributed by atoms with Gasteiger partial charge in [-0.05, 0) is 18.6 Å². The van der Waals surface area contributed by atoms with Gasteiger partial charge in [0, 0.05) is 13.0 Å². The van der Waals surface area contributed by atoms with Crippen LogP contribution in [0.2, 0.25) is 0 Å². The van der Waals surface area contributed by atoms with E-state index in [1.54, 1.807) is 36.4 Å². The van der Waals surface area contributed by atoms with Gasteiger partial charge in [0.05, 0.1) is 29.5 Å². The van der Waals surface area contributed by atoms with Crippen LogP contribution in [0.4, 0.5) is 0 Å². The Bertz CT molecular complexity index is 584. The monoisotopic (exact) mass is 326 g/mol. The van der Waals surface area contributed by atoms with Crippen molar-refractivity contribution >= 4 is 9.84 Å². The van der Waals surface area contributed by atoms with Gasteiger partial charge >= 0.3 is 0 Å². The molecular formula is C16H22O5S. The van der Waals surface area contributed by atoms with Gasteiger partial charge in [0.15, 0.2) is 9.84 Å². The van der Waals surface area contributed by atoms with Gasteiger partial charge in [-0.15, -0.1) is 6.58 Å². The van der Waals surface area contributed by atoms with Crippen LogP contribution in [0.25, 0.3) is 0 Å². The van der Waals surface area contributed by atoms with Crippen LogP contribution >= 0.6 is 0 Å². The van der Waals surface area contributed by atoms with Crippen molar-refractivity contribution in [1.82, 2.24) is 0 Å². The molecule has 22 heavy (non-hydrogen) atoms. The summed E-state index contributed by atoms with van der Waals surface area (Å²) in [5, 5.41) is 9.41. The molecule has 0 saturated carbocycles. The van der Waals surface area contributed by atoms with Crippen molar-refractivity contribution in [1.29, 1.82) is 0 Å². The topological polar surface area (TPSA) is 72.8 Å². The van der Waals surface area contributed by atoms with Crippen LogP contribution in [0.3, 0.4) is 0 Å². The Labute approximate surface area is 131 Å². The lowest BCUT2D eigenvalue weighted by Crippen LogP contribution is -2.36. The second-order valence-electron chi connectivity index (χ2n) is 5.38. The van der Waals surface area contributed by atoms with Crippen LogP contribution < -0.4 is 0 Å². The van der Waals surface area contributed by atoms with Crippen LogP contribution in [-0.4, -0.2) is 51.3 Å². The summed E-state index contributed by atoms with van der Waals surface area (Å²) in [7, 11) is -1.94. The summed E-state index contributed by atoms with van der Waals surface area (Å²) in [5.41, 5.74) is 0. The van der Waals surface area contributed by atoms with E-state index in [4.69, 9.17) is 9.47 Å². The Balaban J connectivity index is 2.25. The normalized spacial score (nSPS) is 28.6. The second kappa shape index (κ2) is 7.37. The maximum Gasteiger partial charge on any atom is 0.178 e. The van der Waals surface area contributed by atoms with E-state index in [0.29, 0.717) is 6.42 Å². The number of benzene rings is 1. The van der Waals surface area contributed by atoms with Crippen LogP contribution in [0.15, 0.2) is 47.9 Å². The lowest BCUT2D eigenvalue weighted by Gasteiger charge is -2.22. The van der Waals surface area contributed by atoms with E-state index >= 15 is 0 Å². The molecule has 0 aliphatic carbocycles.